The van der Waals surface area contributed by atoms with Crippen molar-refractivity contribution in [1.29, 1.82) is 0 Å². The Morgan fingerprint density at radius 3 is 2.00 bits per heavy atom. The van der Waals surface area contributed by atoms with Crippen molar-refractivity contribution in [2.24, 2.45) is 0 Å². The van der Waals surface area contributed by atoms with Crippen LogP contribution in [0.4, 0.5) is 0 Å². The lowest BCUT2D eigenvalue weighted by atomic mass is 10.1. The van der Waals surface area contributed by atoms with Crippen LogP contribution in [-0.4, -0.2) is 79.9 Å². The molecule has 0 aromatic heterocycles. The van der Waals surface area contributed by atoms with Gasteiger partial charge in [-0.25, -0.2) is 3.89 Å². The van der Waals surface area contributed by atoms with E-state index in [1.54, 1.807) is 41.3 Å². The van der Waals surface area contributed by atoms with E-state index in [0.29, 0.717) is 48.9 Å². The number of likely N-dealkylation sites (N-methyl/N-ethyl adjacent to an activating group) is 1. The van der Waals surface area contributed by atoms with Gasteiger partial charge in [0.2, 0.25) is 0 Å². The smallest absolute Gasteiger partial charge is 0.327 e. The molecule has 2 heterocycles. The fourth-order valence-corrected chi connectivity index (χ4v) is 8.54. The summed E-state index contributed by atoms with van der Waals surface area (Å²) in [5.74, 6) is 1.30. The molecule has 2 fully saturated rings. The third-order valence-electron chi connectivity index (χ3n) is 9.14. The van der Waals surface area contributed by atoms with Gasteiger partial charge in [0, 0.05) is 5.56 Å². The topological polar surface area (TPSA) is 66.9 Å². The third kappa shape index (κ3) is 6.15. The summed E-state index contributed by atoms with van der Waals surface area (Å²) in [6.07, 6.45) is 2.08. The van der Waals surface area contributed by atoms with Crippen LogP contribution in [0.2, 0.25) is 0 Å². The number of benzene rings is 4. The lowest BCUT2D eigenvalue weighted by Crippen LogP contribution is -2.65. The van der Waals surface area contributed by atoms with Crippen molar-refractivity contribution in [2.45, 2.75) is 30.7 Å². The van der Waals surface area contributed by atoms with Crippen LogP contribution >= 0.6 is 0 Å². The third-order valence-corrected chi connectivity index (χ3v) is 11.5. The number of rotatable bonds is 9. The molecule has 0 N–H and O–H groups in total. The summed E-state index contributed by atoms with van der Waals surface area (Å²) in [4.78, 5) is 18.1. The molecule has 0 radical (unpaired) electrons. The number of carbonyl (C=O) groups is 1. The van der Waals surface area contributed by atoms with Crippen molar-refractivity contribution in [2.75, 3.05) is 45.8 Å². The van der Waals surface area contributed by atoms with Crippen LogP contribution < -0.4 is 4.74 Å². The van der Waals surface area contributed by atoms with Crippen LogP contribution in [0, 0.1) is 0 Å². The molecule has 1 atom stereocenters. The van der Waals surface area contributed by atoms with Gasteiger partial charge in [0.25, 0.3) is 5.91 Å². The summed E-state index contributed by atoms with van der Waals surface area (Å²) in [7, 11) is -3.73. The van der Waals surface area contributed by atoms with Gasteiger partial charge in [-0.2, -0.15) is 8.42 Å². The van der Waals surface area contributed by atoms with Crippen LogP contribution in [0.3, 0.4) is 0 Å². The Morgan fingerprint density at radius 1 is 0.773 bits per heavy atom. The van der Waals surface area contributed by atoms with Crippen molar-refractivity contribution in [3.63, 3.8) is 0 Å². The maximum absolute atomic E-state index is 14.5. The number of piperazine rings is 1. The maximum atomic E-state index is 14.5. The van der Waals surface area contributed by atoms with Crippen molar-refractivity contribution < 1.29 is 21.8 Å². The Morgan fingerprint density at radius 2 is 1.36 bits per heavy atom. The summed E-state index contributed by atoms with van der Waals surface area (Å²) >= 11 is 0. The lowest BCUT2D eigenvalue weighted by Gasteiger charge is -2.45. The predicted molar refractivity (Wildman–Crippen MR) is 173 cm³/mol. The van der Waals surface area contributed by atoms with E-state index in [4.69, 9.17) is 4.74 Å². The van der Waals surface area contributed by atoms with Crippen LogP contribution in [0.15, 0.2) is 114 Å². The fraction of sp³-hybridized carbons (Fsp3) is 0.306. The number of para-hydroxylation sites is 1. The number of nitrogens with zero attached hydrogens (tertiary/aromatic N) is 3. The number of sulfonamides is 1. The SMILES string of the molecule is CCN1CCCC1C[N+]1(S(=O)(=O)c2ccc(-c3ccccc3)cc2)CCN(C(=O)c2ccc(Oc3ccccc3)cc2)CC1. The second-order valence-corrected chi connectivity index (χ2v) is 13.9. The Kier molecular flexibility index (Phi) is 8.84. The van der Waals surface area contributed by atoms with Gasteiger partial charge in [0.05, 0.1) is 19.1 Å². The fourth-order valence-electron chi connectivity index (χ4n) is 6.60. The molecule has 2 aliphatic rings. The number of ether oxygens (including phenoxy) is 1. The summed E-state index contributed by atoms with van der Waals surface area (Å²) in [6.45, 7) is 6.06. The maximum Gasteiger partial charge on any atom is 0.327 e. The number of likely N-dealkylation sites (tertiary alicyclic amines) is 1. The Bertz CT molecular complexity index is 1650. The summed E-state index contributed by atoms with van der Waals surface area (Å²) in [6, 6.07) is 34.2. The molecule has 4 aromatic rings. The van der Waals surface area contributed by atoms with Gasteiger partial charge in [-0.1, -0.05) is 67.6 Å². The Hall–Kier alpha value is -3.98. The average molecular weight is 611 g/mol. The molecule has 4 aromatic carbocycles. The zero-order chi connectivity index (χ0) is 30.6. The summed E-state index contributed by atoms with van der Waals surface area (Å²) < 4.78 is 34.9. The van der Waals surface area contributed by atoms with E-state index in [9.17, 15) is 13.2 Å². The number of quaternary nitrogens is 1. The molecule has 0 saturated carbocycles. The lowest BCUT2D eigenvalue weighted by molar-refractivity contribution is -0.813. The normalized spacial score (nSPS) is 18.7. The molecule has 0 aliphatic carbocycles. The average Bonchev–Trinajstić information content (AvgIpc) is 3.53. The minimum Gasteiger partial charge on any atom is -0.457 e. The van der Waals surface area contributed by atoms with Crippen LogP contribution in [0.5, 0.6) is 11.5 Å². The van der Waals surface area contributed by atoms with Gasteiger partial charge in [-0.3, -0.25) is 9.69 Å². The van der Waals surface area contributed by atoms with E-state index in [1.165, 1.54) is 0 Å². The number of amides is 1. The van der Waals surface area contributed by atoms with Gasteiger partial charge in [0.1, 0.15) is 36.0 Å². The van der Waals surface area contributed by atoms with Crippen molar-refractivity contribution >= 4 is 15.9 Å². The quantitative estimate of drug-likeness (QED) is 0.209. The van der Waals surface area contributed by atoms with Crippen LogP contribution in [0.25, 0.3) is 11.1 Å². The summed E-state index contributed by atoms with van der Waals surface area (Å²) in [5, 5.41) is 0. The van der Waals surface area contributed by atoms with E-state index in [0.717, 1.165) is 42.8 Å². The molecule has 1 unspecified atom stereocenters. The molecule has 228 valence electrons. The first-order chi connectivity index (χ1) is 21.4. The van der Waals surface area contributed by atoms with E-state index in [1.807, 2.05) is 72.8 Å². The van der Waals surface area contributed by atoms with E-state index >= 15 is 0 Å². The molecule has 7 nitrogen and oxygen atoms in total. The van der Waals surface area contributed by atoms with E-state index in [-0.39, 0.29) is 15.8 Å². The number of carbonyl (C=O) groups excluding carboxylic acids is 1. The van der Waals surface area contributed by atoms with Gasteiger partial charge in [-0.05, 0) is 85.6 Å². The molecular formula is C36H40N3O4S+. The molecule has 1 amide bonds. The van der Waals surface area contributed by atoms with E-state index in [2.05, 4.69) is 11.8 Å². The standard InChI is InChI=1S/C36H40N3O4S/c1-2-37-23-9-12-32(37)28-39(44(41,42)35-21-17-30(18-22-35)29-10-5-3-6-11-29)26-24-38(25-27-39)36(40)31-15-19-34(20-16-31)43-33-13-7-4-8-14-33/h3-8,10-11,13-22,32H,2,9,12,23-28H2,1H3/q+1. The molecule has 0 spiro atoms. The zero-order valence-electron chi connectivity index (χ0n) is 25.2. The highest BCUT2D eigenvalue weighted by atomic mass is 32.2. The summed E-state index contributed by atoms with van der Waals surface area (Å²) in [5.41, 5.74) is 2.61. The first-order valence-electron chi connectivity index (χ1n) is 15.5. The molecule has 6 rings (SSSR count). The van der Waals surface area contributed by atoms with Crippen LogP contribution in [0.1, 0.15) is 30.1 Å². The highest BCUT2D eigenvalue weighted by molar-refractivity contribution is 7.86. The van der Waals surface area contributed by atoms with Gasteiger partial charge in [0.15, 0.2) is 0 Å². The first kappa shape index (κ1) is 30.1. The highest BCUT2D eigenvalue weighted by Crippen LogP contribution is 2.32. The molecule has 0 bridgehead atoms. The van der Waals surface area contributed by atoms with Crippen molar-refractivity contribution in [3.05, 3.63) is 115 Å². The van der Waals surface area contributed by atoms with E-state index < -0.39 is 10.0 Å². The number of hydrogen-bond donors (Lipinski definition) is 0. The second kappa shape index (κ2) is 12.9. The zero-order valence-corrected chi connectivity index (χ0v) is 26.0. The molecular weight excluding hydrogens is 570 g/mol. The van der Waals surface area contributed by atoms with Crippen molar-refractivity contribution in [1.82, 2.24) is 9.80 Å². The van der Waals surface area contributed by atoms with Gasteiger partial charge in [-0.15, -0.1) is 0 Å². The minimum atomic E-state index is -3.73. The largest absolute Gasteiger partial charge is 0.457 e. The Labute approximate surface area is 260 Å². The molecule has 8 heteroatoms. The Balaban J connectivity index is 1.21. The minimum absolute atomic E-state index is 0.0352. The molecule has 2 saturated heterocycles. The van der Waals surface area contributed by atoms with Gasteiger partial charge < -0.3 is 9.64 Å². The van der Waals surface area contributed by atoms with Gasteiger partial charge >= 0.3 is 10.0 Å². The number of hydrogen-bond acceptors (Lipinski definition) is 5. The molecule has 2 aliphatic heterocycles. The first-order valence-corrected chi connectivity index (χ1v) is 17.0. The molecule has 44 heavy (non-hydrogen) atoms. The highest BCUT2D eigenvalue weighted by Gasteiger charge is 2.49. The monoisotopic (exact) mass is 610 g/mol. The predicted octanol–water partition coefficient (Wildman–Crippen LogP) is 6.29. The van der Waals surface area contributed by atoms with Crippen LogP contribution in [-0.2, 0) is 10.0 Å². The van der Waals surface area contributed by atoms with Crippen molar-refractivity contribution in [3.8, 4) is 22.6 Å². The second-order valence-electron chi connectivity index (χ2n) is 11.7.